The van der Waals surface area contributed by atoms with E-state index in [0.717, 1.165) is 0 Å². The molecule has 30 heavy (non-hydrogen) atoms. The summed E-state index contributed by atoms with van der Waals surface area (Å²) >= 11 is 17.6. The van der Waals surface area contributed by atoms with Gasteiger partial charge in [0.2, 0.25) is 0 Å². The minimum atomic E-state index is -0.997. The number of hydrogen-bond donors (Lipinski definition) is 2. The van der Waals surface area contributed by atoms with E-state index in [2.05, 4.69) is 10.6 Å². The molecule has 162 valence electrons. The van der Waals surface area contributed by atoms with Crippen LogP contribution < -0.4 is 10.6 Å². The number of ketones is 1. The van der Waals surface area contributed by atoms with Crippen molar-refractivity contribution in [3.8, 4) is 0 Å². The predicted molar refractivity (Wildman–Crippen MR) is 123 cm³/mol. The van der Waals surface area contributed by atoms with Crippen molar-refractivity contribution >= 4 is 52.4 Å². The van der Waals surface area contributed by atoms with Crippen LogP contribution in [0, 0.1) is 6.92 Å². The lowest BCUT2D eigenvalue weighted by molar-refractivity contribution is -0.122. The highest BCUT2D eigenvalue weighted by atomic mass is 35.5. The van der Waals surface area contributed by atoms with E-state index in [4.69, 9.17) is 34.8 Å². The number of carbonyl (C=O) groups is 3. The van der Waals surface area contributed by atoms with Gasteiger partial charge in [-0.2, -0.15) is 0 Å². The van der Waals surface area contributed by atoms with Crippen molar-refractivity contribution < 1.29 is 14.4 Å². The highest BCUT2D eigenvalue weighted by Crippen LogP contribution is 2.26. The zero-order valence-corrected chi connectivity index (χ0v) is 19.6. The number of rotatable bonds is 6. The Bertz CT molecular complexity index is 881. The first-order valence-electron chi connectivity index (χ1n) is 9.24. The van der Waals surface area contributed by atoms with Crippen LogP contribution in [0.25, 0.3) is 0 Å². The number of alkyl halides is 1. The summed E-state index contributed by atoms with van der Waals surface area (Å²) in [5.74, 6) is -0.837. The fourth-order valence-corrected chi connectivity index (χ4v) is 3.12. The Kier molecular flexibility index (Phi) is 10.3. The molecule has 0 aliphatic rings. The van der Waals surface area contributed by atoms with E-state index in [1.807, 2.05) is 18.2 Å². The van der Waals surface area contributed by atoms with E-state index < -0.39 is 11.4 Å². The fraction of sp³-hybridized carbons (Fsp3) is 0.318. The molecule has 5 nitrogen and oxygen atoms in total. The van der Waals surface area contributed by atoms with Gasteiger partial charge in [-0.25, -0.2) is 0 Å². The van der Waals surface area contributed by atoms with E-state index in [-0.39, 0.29) is 17.6 Å². The first kappa shape index (κ1) is 26.0. The van der Waals surface area contributed by atoms with Crippen LogP contribution in [0.3, 0.4) is 0 Å². The molecule has 0 radical (unpaired) electrons. The smallest absolute Gasteiger partial charge is 0.252 e. The lowest BCUT2D eigenvalue weighted by Crippen LogP contribution is -2.52. The van der Waals surface area contributed by atoms with Gasteiger partial charge in [0.25, 0.3) is 11.8 Å². The van der Waals surface area contributed by atoms with E-state index >= 15 is 0 Å². The summed E-state index contributed by atoms with van der Waals surface area (Å²) < 4.78 is 0. The van der Waals surface area contributed by atoms with E-state index in [1.54, 1.807) is 40.0 Å². The number of hydrogen-bond acceptors (Lipinski definition) is 3. The van der Waals surface area contributed by atoms with Gasteiger partial charge in [0.15, 0.2) is 5.78 Å². The zero-order chi connectivity index (χ0) is 22.9. The maximum atomic E-state index is 12.2. The van der Waals surface area contributed by atoms with Gasteiger partial charge in [0.1, 0.15) is 0 Å². The molecule has 0 aromatic heterocycles. The number of halogens is 3. The minimum Gasteiger partial charge on any atom is -0.355 e. The normalized spacial score (nSPS) is 12.1. The Balaban J connectivity index is 0.000000375. The summed E-state index contributed by atoms with van der Waals surface area (Å²) in [6, 6.07) is 12.2. The third-order valence-corrected chi connectivity index (χ3v) is 5.67. The van der Waals surface area contributed by atoms with Gasteiger partial charge >= 0.3 is 0 Å². The molecule has 8 heteroatoms. The molecule has 2 aromatic carbocycles. The maximum absolute atomic E-state index is 12.2. The number of carbonyl (C=O) groups excluding carboxylic acids is 3. The lowest BCUT2D eigenvalue weighted by Gasteiger charge is -2.27. The van der Waals surface area contributed by atoms with Gasteiger partial charge in [0.05, 0.1) is 11.4 Å². The van der Waals surface area contributed by atoms with Crippen molar-refractivity contribution in [3.05, 3.63) is 69.2 Å². The molecule has 1 atom stereocenters. The van der Waals surface area contributed by atoms with Gasteiger partial charge in [-0.3, -0.25) is 14.4 Å². The molecule has 2 N–H and O–H groups in total. The molecule has 0 saturated carbocycles. The third-order valence-electron chi connectivity index (χ3n) is 4.64. The minimum absolute atomic E-state index is 0.0411. The number of Topliss-reactive ketones (excluding diaryl/α,β-unsaturated/α-hetero) is 1. The van der Waals surface area contributed by atoms with Crippen LogP contribution in [0.1, 0.15) is 46.5 Å². The Morgan fingerprint density at radius 1 is 0.967 bits per heavy atom. The van der Waals surface area contributed by atoms with Crippen LogP contribution in [0.15, 0.2) is 42.5 Å². The van der Waals surface area contributed by atoms with Crippen LogP contribution in [0.4, 0.5) is 0 Å². The highest BCUT2D eigenvalue weighted by molar-refractivity contribution is 6.36. The highest BCUT2D eigenvalue weighted by Gasteiger charge is 2.32. The summed E-state index contributed by atoms with van der Waals surface area (Å²) in [4.78, 5) is 35.0. The van der Waals surface area contributed by atoms with Crippen LogP contribution >= 0.6 is 34.8 Å². The first-order chi connectivity index (χ1) is 14.1. The molecule has 2 amide bonds. The van der Waals surface area contributed by atoms with Crippen molar-refractivity contribution in [2.24, 2.45) is 0 Å². The second kappa shape index (κ2) is 11.9. The summed E-state index contributed by atoms with van der Waals surface area (Å²) in [5.41, 5.74) is 0.723. The van der Waals surface area contributed by atoms with Crippen LogP contribution in [-0.4, -0.2) is 36.1 Å². The van der Waals surface area contributed by atoms with E-state index in [9.17, 15) is 14.4 Å². The average molecular weight is 472 g/mol. The molecule has 0 spiro atoms. The van der Waals surface area contributed by atoms with Crippen molar-refractivity contribution in [1.82, 2.24) is 10.6 Å². The Morgan fingerprint density at radius 3 is 1.93 bits per heavy atom. The summed E-state index contributed by atoms with van der Waals surface area (Å²) in [5, 5.41) is 6.05. The second-order valence-corrected chi connectivity index (χ2v) is 7.79. The van der Waals surface area contributed by atoms with Crippen molar-refractivity contribution in [2.45, 2.75) is 32.7 Å². The summed E-state index contributed by atoms with van der Waals surface area (Å²) in [6.45, 7) is 5.21. The second-order valence-electron chi connectivity index (χ2n) is 6.71. The van der Waals surface area contributed by atoms with E-state index in [1.165, 1.54) is 12.1 Å². The third kappa shape index (κ3) is 7.01. The lowest BCUT2D eigenvalue weighted by atomic mass is 9.93. The Labute approximate surface area is 192 Å². The number of nitrogens with one attached hydrogen (secondary N) is 2. The molecule has 0 fully saturated rings. The maximum Gasteiger partial charge on any atom is 0.252 e. The number of benzene rings is 2. The molecule has 0 aliphatic heterocycles. The number of amides is 2. The SMILES string of the molecule is CC[C@](C)(NC(=O)c1cc(Cl)c(C)c(Cl)c1)C(=O)CCl.CNC(=O)c1ccccc1. The average Bonchev–Trinajstić information content (AvgIpc) is 2.76. The van der Waals surface area contributed by atoms with Crippen molar-refractivity contribution in [2.75, 3.05) is 12.9 Å². The predicted octanol–water partition coefficient (Wildman–Crippen LogP) is 5.05. The molecule has 0 unspecified atom stereocenters. The largest absolute Gasteiger partial charge is 0.355 e. The summed E-state index contributed by atoms with van der Waals surface area (Å²) in [7, 11) is 1.62. The quantitative estimate of drug-likeness (QED) is 0.579. The fourth-order valence-electron chi connectivity index (χ4n) is 2.34. The van der Waals surface area contributed by atoms with Gasteiger partial charge in [0, 0.05) is 28.2 Å². The zero-order valence-electron chi connectivity index (χ0n) is 17.3. The van der Waals surface area contributed by atoms with Gasteiger partial charge in [-0.1, -0.05) is 48.3 Å². The van der Waals surface area contributed by atoms with Crippen molar-refractivity contribution in [3.63, 3.8) is 0 Å². The van der Waals surface area contributed by atoms with Gasteiger partial charge < -0.3 is 10.6 Å². The van der Waals surface area contributed by atoms with Crippen molar-refractivity contribution in [1.29, 1.82) is 0 Å². The first-order valence-corrected chi connectivity index (χ1v) is 10.5. The van der Waals surface area contributed by atoms with Gasteiger partial charge in [-0.05, 0) is 50.1 Å². The van der Waals surface area contributed by atoms with Crippen LogP contribution in [0.2, 0.25) is 10.0 Å². The molecule has 0 saturated heterocycles. The Hall–Kier alpha value is -2.08. The molecular weight excluding hydrogens is 447 g/mol. The van der Waals surface area contributed by atoms with E-state index in [0.29, 0.717) is 33.2 Å². The summed E-state index contributed by atoms with van der Waals surface area (Å²) in [6.07, 6.45) is 0.442. The monoisotopic (exact) mass is 470 g/mol. The standard InChI is InChI=1S/C14H16Cl3NO2.C8H9NO/c1-4-14(3,12(19)7-15)18-13(20)9-5-10(16)8(2)11(17)6-9;1-9-8(10)7-5-3-2-4-6-7/h5-6H,4,7H2,1-3H3,(H,18,20);2-6H,1H3,(H,9,10)/t14-;/m0./s1. The van der Waals surface area contributed by atoms with Gasteiger partial charge in [-0.15, -0.1) is 11.6 Å². The molecule has 0 aliphatic carbocycles. The molecule has 2 aromatic rings. The molecule has 2 rings (SSSR count). The molecular formula is C22H25Cl3N2O3. The topological polar surface area (TPSA) is 75.3 Å². The van der Waals surface area contributed by atoms with Crippen LogP contribution in [-0.2, 0) is 4.79 Å². The molecule has 0 heterocycles. The Morgan fingerprint density at radius 2 is 1.50 bits per heavy atom. The molecule has 0 bridgehead atoms. The van der Waals surface area contributed by atoms with Crippen LogP contribution in [0.5, 0.6) is 0 Å².